The Hall–Kier alpha value is -1.56. The van der Waals surface area contributed by atoms with Crippen molar-refractivity contribution in [3.8, 4) is 0 Å². The van der Waals surface area contributed by atoms with E-state index in [1.807, 2.05) is 0 Å². The van der Waals surface area contributed by atoms with Gasteiger partial charge in [0.1, 0.15) is 0 Å². The minimum Gasteiger partial charge on any atom is -0.0622 e. The molecule has 1 fully saturated rings. The van der Waals surface area contributed by atoms with Crippen molar-refractivity contribution < 1.29 is 0 Å². The SMILES string of the molecule is c1ccc(CC2(Cc3ccccc3)CCCC2)cc1. The lowest BCUT2D eigenvalue weighted by atomic mass is 9.75. The van der Waals surface area contributed by atoms with Gasteiger partial charge in [0.15, 0.2) is 0 Å². The van der Waals surface area contributed by atoms with Gasteiger partial charge in [-0.1, -0.05) is 73.5 Å². The minimum atomic E-state index is 0.503. The maximum Gasteiger partial charge on any atom is -0.0217 e. The van der Waals surface area contributed by atoms with Crippen molar-refractivity contribution >= 4 is 0 Å². The summed E-state index contributed by atoms with van der Waals surface area (Å²) in [5, 5.41) is 0. The summed E-state index contributed by atoms with van der Waals surface area (Å²) in [6.45, 7) is 0. The molecule has 19 heavy (non-hydrogen) atoms. The molecule has 0 bridgehead atoms. The molecule has 0 spiro atoms. The van der Waals surface area contributed by atoms with Crippen LogP contribution < -0.4 is 0 Å². The fourth-order valence-electron chi connectivity index (χ4n) is 3.60. The first-order chi connectivity index (χ1) is 9.36. The van der Waals surface area contributed by atoms with Gasteiger partial charge in [0.25, 0.3) is 0 Å². The van der Waals surface area contributed by atoms with Crippen molar-refractivity contribution in [1.29, 1.82) is 0 Å². The maximum absolute atomic E-state index is 2.28. The summed E-state index contributed by atoms with van der Waals surface area (Å²) in [5.74, 6) is 0. The third-order valence-electron chi connectivity index (χ3n) is 4.51. The Labute approximate surface area is 116 Å². The lowest BCUT2D eigenvalue weighted by Gasteiger charge is -2.29. The molecule has 0 radical (unpaired) electrons. The van der Waals surface area contributed by atoms with Crippen molar-refractivity contribution in [2.24, 2.45) is 5.41 Å². The molecule has 0 nitrogen and oxygen atoms in total. The van der Waals surface area contributed by atoms with Crippen molar-refractivity contribution in [1.82, 2.24) is 0 Å². The standard InChI is InChI=1S/C19H22/c1-3-9-17(10-4-1)15-19(13-7-8-14-19)16-18-11-5-2-6-12-18/h1-6,9-12H,7-8,13-16H2. The van der Waals surface area contributed by atoms with E-state index in [1.54, 1.807) is 0 Å². The predicted octanol–water partition coefficient (Wildman–Crippen LogP) is 5.03. The van der Waals surface area contributed by atoms with E-state index in [9.17, 15) is 0 Å². The van der Waals surface area contributed by atoms with Crippen molar-refractivity contribution in [3.63, 3.8) is 0 Å². The first-order valence-electron chi connectivity index (χ1n) is 7.44. The first-order valence-corrected chi connectivity index (χ1v) is 7.44. The predicted molar refractivity (Wildman–Crippen MR) is 81.2 cm³/mol. The summed E-state index contributed by atoms with van der Waals surface area (Å²) in [4.78, 5) is 0. The van der Waals surface area contributed by atoms with Crippen LogP contribution in [-0.2, 0) is 12.8 Å². The zero-order valence-electron chi connectivity index (χ0n) is 11.5. The van der Waals surface area contributed by atoms with Gasteiger partial charge in [0.2, 0.25) is 0 Å². The van der Waals surface area contributed by atoms with Crippen LogP contribution in [-0.4, -0.2) is 0 Å². The van der Waals surface area contributed by atoms with Gasteiger partial charge < -0.3 is 0 Å². The van der Waals surface area contributed by atoms with Crippen LogP contribution in [0.25, 0.3) is 0 Å². The van der Waals surface area contributed by atoms with Crippen LogP contribution in [0.2, 0.25) is 0 Å². The first kappa shape index (κ1) is 12.5. The lowest BCUT2D eigenvalue weighted by Crippen LogP contribution is -2.22. The molecule has 0 N–H and O–H groups in total. The molecule has 0 atom stereocenters. The van der Waals surface area contributed by atoms with Crippen molar-refractivity contribution in [2.75, 3.05) is 0 Å². The zero-order chi connectivity index (χ0) is 13.0. The molecule has 0 aliphatic heterocycles. The average molecular weight is 250 g/mol. The monoisotopic (exact) mass is 250 g/mol. The van der Waals surface area contributed by atoms with Crippen molar-refractivity contribution in [2.45, 2.75) is 38.5 Å². The van der Waals surface area contributed by atoms with Gasteiger partial charge in [-0.25, -0.2) is 0 Å². The Balaban J connectivity index is 1.79. The summed E-state index contributed by atoms with van der Waals surface area (Å²) in [6.07, 6.45) is 8.05. The second-order valence-electron chi connectivity index (χ2n) is 6.03. The number of benzene rings is 2. The van der Waals surface area contributed by atoms with E-state index >= 15 is 0 Å². The van der Waals surface area contributed by atoms with Gasteiger partial charge in [-0.3, -0.25) is 0 Å². The fraction of sp³-hybridized carbons (Fsp3) is 0.368. The number of hydrogen-bond donors (Lipinski definition) is 0. The van der Waals surface area contributed by atoms with Crippen molar-refractivity contribution in [3.05, 3.63) is 71.8 Å². The highest BCUT2D eigenvalue weighted by Crippen LogP contribution is 2.43. The summed E-state index contributed by atoms with van der Waals surface area (Å²) in [6, 6.07) is 22.0. The molecule has 2 aromatic rings. The largest absolute Gasteiger partial charge is 0.0622 e. The Morgan fingerprint density at radius 2 is 1.05 bits per heavy atom. The molecule has 0 amide bonds. The summed E-state index contributed by atoms with van der Waals surface area (Å²) >= 11 is 0. The Kier molecular flexibility index (Phi) is 3.68. The molecule has 2 aromatic carbocycles. The van der Waals surface area contributed by atoms with Gasteiger partial charge in [0, 0.05) is 0 Å². The van der Waals surface area contributed by atoms with Gasteiger partial charge in [0.05, 0.1) is 0 Å². The van der Waals surface area contributed by atoms with E-state index in [0.717, 1.165) is 0 Å². The molecular weight excluding hydrogens is 228 g/mol. The molecule has 3 rings (SSSR count). The fourth-order valence-corrected chi connectivity index (χ4v) is 3.60. The van der Waals surface area contributed by atoms with Gasteiger partial charge in [-0.15, -0.1) is 0 Å². The Morgan fingerprint density at radius 1 is 0.632 bits per heavy atom. The molecule has 98 valence electrons. The summed E-state index contributed by atoms with van der Waals surface area (Å²) in [5.41, 5.74) is 3.50. The highest BCUT2D eigenvalue weighted by molar-refractivity contribution is 5.21. The third kappa shape index (κ3) is 3.07. The Morgan fingerprint density at radius 3 is 1.47 bits per heavy atom. The number of hydrogen-bond acceptors (Lipinski definition) is 0. The molecule has 0 heteroatoms. The van der Waals surface area contributed by atoms with E-state index in [2.05, 4.69) is 60.7 Å². The van der Waals surface area contributed by atoms with Gasteiger partial charge in [-0.05, 0) is 42.2 Å². The topological polar surface area (TPSA) is 0 Å². The van der Waals surface area contributed by atoms with E-state index in [4.69, 9.17) is 0 Å². The molecule has 1 saturated carbocycles. The van der Waals surface area contributed by atoms with Crippen LogP contribution in [0.3, 0.4) is 0 Å². The summed E-state index contributed by atoms with van der Waals surface area (Å²) < 4.78 is 0. The van der Waals surface area contributed by atoms with Crippen LogP contribution in [0.15, 0.2) is 60.7 Å². The molecule has 0 aromatic heterocycles. The third-order valence-corrected chi connectivity index (χ3v) is 4.51. The van der Waals surface area contributed by atoms with Gasteiger partial charge >= 0.3 is 0 Å². The summed E-state index contributed by atoms with van der Waals surface area (Å²) in [7, 11) is 0. The number of rotatable bonds is 4. The smallest absolute Gasteiger partial charge is 0.0217 e. The molecule has 0 unspecified atom stereocenters. The van der Waals surface area contributed by atoms with Crippen LogP contribution in [0.1, 0.15) is 36.8 Å². The van der Waals surface area contributed by atoms with E-state index in [-0.39, 0.29) is 0 Å². The highest BCUT2D eigenvalue weighted by Gasteiger charge is 2.33. The van der Waals surface area contributed by atoms with Crippen LogP contribution in [0, 0.1) is 5.41 Å². The van der Waals surface area contributed by atoms with E-state index < -0.39 is 0 Å². The molecule has 0 saturated heterocycles. The van der Waals surface area contributed by atoms with E-state index in [0.29, 0.717) is 5.41 Å². The normalized spacial score (nSPS) is 17.5. The lowest BCUT2D eigenvalue weighted by molar-refractivity contribution is 0.292. The molecule has 1 aliphatic rings. The molecule has 0 heterocycles. The second-order valence-corrected chi connectivity index (χ2v) is 6.03. The van der Waals surface area contributed by atoms with Crippen LogP contribution in [0.4, 0.5) is 0 Å². The zero-order valence-corrected chi connectivity index (χ0v) is 11.5. The minimum absolute atomic E-state index is 0.503. The molecule has 1 aliphatic carbocycles. The molecular formula is C19H22. The average Bonchev–Trinajstić information content (AvgIpc) is 2.89. The second kappa shape index (κ2) is 5.61. The quantitative estimate of drug-likeness (QED) is 0.713. The van der Waals surface area contributed by atoms with Gasteiger partial charge in [-0.2, -0.15) is 0 Å². The highest BCUT2D eigenvalue weighted by atomic mass is 14.4. The van der Waals surface area contributed by atoms with Crippen LogP contribution >= 0.6 is 0 Å². The Bertz CT molecular complexity index is 449. The van der Waals surface area contributed by atoms with E-state index in [1.165, 1.54) is 49.7 Å². The maximum atomic E-state index is 2.28. The van der Waals surface area contributed by atoms with Crippen LogP contribution in [0.5, 0.6) is 0 Å².